The van der Waals surface area contributed by atoms with E-state index < -0.39 is 0 Å². The minimum Gasteiger partial charge on any atom is -0.0843 e. The van der Waals surface area contributed by atoms with Crippen LogP contribution in [0.1, 0.15) is 4.11 Å². The molecule has 0 aliphatic rings. The summed E-state index contributed by atoms with van der Waals surface area (Å²) < 4.78 is 23.3. The Hall–Kier alpha value is -0.400. The lowest BCUT2D eigenvalue weighted by atomic mass is 10.1. The third kappa shape index (κ3) is 2.46. The van der Waals surface area contributed by atoms with E-state index in [0.29, 0.717) is 15.6 Å². The Morgan fingerprint density at radius 3 is 2.31 bits per heavy atom. The standard InChI is InChI=1S/C12H6Cl4/c13-8-2-4-10(14)9(6-8)7-1-3-11(15)12(16)5-7/h1-6H/i2D,4D,6D. The maximum Gasteiger partial charge on any atom is 0.0646 e. The maximum absolute atomic E-state index is 7.94. The molecule has 16 heavy (non-hydrogen) atoms. The summed E-state index contributed by atoms with van der Waals surface area (Å²) in [6.45, 7) is 0. The highest BCUT2D eigenvalue weighted by molar-refractivity contribution is 6.42. The Labute approximate surface area is 118 Å². The Kier molecular flexibility index (Phi) is 2.62. The van der Waals surface area contributed by atoms with Gasteiger partial charge in [0.05, 0.1) is 14.2 Å². The Morgan fingerprint density at radius 2 is 1.62 bits per heavy atom. The summed E-state index contributed by atoms with van der Waals surface area (Å²) in [5.74, 6) is 0. The second kappa shape index (κ2) is 4.85. The van der Waals surface area contributed by atoms with Crippen LogP contribution in [-0.2, 0) is 0 Å². The molecule has 0 fully saturated rings. The van der Waals surface area contributed by atoms with E-state index in [0.717, 1.165) is 0 Å². The molecule has 2 aromatic carbocycles. The van der Waals surface area contributed by atoms with Gasteiger partial charge in [-0.3, -0.25) is 0 Å². The van der Waals surface area contributed by atoms with Gasteiger partial charge >= 0.3 is 0 Å². The summed E-state index contributed by atoms with van der Waals surface area (Å²) >= 11 is 23.7. The van der Waals surface area contributed by atoms with Crippen molar-refractivity contribution in [3.05, 3.63) is 56.4 Å². The lowest BCUT2D eigenvalue weighted by molar-refractivity contribution is 1.61. The van der Waals surface area contributed by atoms with E-state index in [2.05, 4.69) is 0 Å². The molecule has 0 unspecified atom stereocenters. The molecule has 0 heterocycles. The van der Waals surface area contributed by atoms with Crippen molar-refractivity contribution < 1.29 is 4.11 Å². The van der Waals surface area contributed by atoms with Crippen LogP contribution in [0.25, 0.3) is 11.1 Å². The molecule has 0 spiro atoms. The van der Waals surface area contributed by atoms with Crippen molar-refractivity contribution in [2.24, 2.45) is 0 Å². The molecule has 4 heteroatoms. The predicted octanol–water partition coefficient (Wildman–Crippen LogP) is 5.97. The zero-order valence-electron chi connectivity index (χ0n) is 10.7. The molecule has 2 aromatic rings. The number of hydrogen-bond donors (Lipinski definition) is 0. The lowest BCUT2D eigenvalue weighted by Crippen LogP contribution is -1.80. The highest BCUT2D eigenvalue weighted by atomic mass is 35.5. The third-order valence-electron chi connectivity index (χ3n) is 1.94. The van der Waals surface area contributed by atoms with Gasteiger partial charge in [0.2, 0.25) is 0 Å². The number of rotatable bonds is 1. The van der Waals surface area contributed by atoms with Crippen LogP contribution in [0.2, 0.25) is 20.1 Å². The van der Waals surface area contributed by atoms with Gasteiger partial charge < -0.3 is 0 Å². The van der Waals surface area contributed by atoms with Crippen LogP contribution >= 0.6 is 46.4 Å². The molecule has 0 aromatic heterocycles. The Morgan fingerprint density at radius 1 is 0.875 bits per heavy atom. The third-order valence-corrected chi connectivity index (χ3v) is 3.16. The molecule has 0 saturated carbocycles. The van der Waals surface area contributed by atoms with Crippen molar-refractivity contribution >= 4 is 46.4 Å². The number of halogens is 4. The summed E-state index contributed by atoms with van der Waals surface area (Å²) in [5, 5.41) is 0.572. The molecule has 0 saturated heterocycles. The Bertz CT molecular complexity index is 642. The predicted molar refractivity (Wildman–Crippen MR) is 71.9 cm³/mol. The first-order valence-corrected chi connectivity index (χ1v) is 5.76. The highest BCUT2D eigenvalue weighted by Gasteiger charge is 2.06. The molecule has 0 bridgehead atoms. The van der Waals surface area contributed by atoms with Gasteiger partial charge in [0.25, 0.3) is 0 Å². The zero-order chi connectivity index (χ0) is 14.3. The first-order valence-electron chi connectivity index (χ1n) is 5.74. The highest BCUT2D eigenvalue weighted by Crippen LogP contribution is 2.34. The largest absolute Gasteiger partial charge is 0.0843 e. The van der Waals surface area contributed by atoms with Crippen LogP contribution in [0.4, 0.5) is 0 Å². The lowest BCUT2D eigenvalue weighted by Gasteiger charge is -2.06. The second-order valence-corrected chi connectivity index (χ2v) is 4.58. The van der Waals surface area contributed by atoms with Gasteiger partial charge in [-0.2, -0.15) is 0 Å². The van der Waals surface area contributed by atoms with Crippen molar-refractivity contribution in [1.82, 2.24) is 0 Å². The fourth-order valence-corrected chi connectivity index (χ4v) is 1.86. The molecule has 0 amide bonds. The average molecular weight is 295 g/mol. The van der Waals surface area contributed by atoms with Crippen molar-refractivity contribution in [1.29, 1.82) is 0 Å². The van der Waals surface area contributed by atoms with E-state index >= 15 is 0 Å². The summed E-state index contributed by atoms with van der Waals surface area (Å²) in [4.78, 5) is 0. The van der Waals surface area contributed by atoms with Crippen molar-refractivity contribution in [3.8, 4) is 11.1 Å². The average Bonchev–Trinajstić information content (AvgIpc) is 2.38. The van der Waals surface area contributed by atoms with Gasteiger partial charge in [0.15, 0.2) is 0 Å². The molecule has 0 aliphatic heterocycles. The first kappa shape index (κ1) is 8.66. The molecule has 0 radical (unpaired) electrons. The minimum atomic E-state index is -0.263. The van der Waals surface area contributed by atoms with E-state index in [-0.39, 0.29) is 33.7 Å². The van der Waals surface area contributed by atoms with E-state index in [1.807, 2.05) is 0 Å². The quantitative estimate of drug-likeness (QED) is 0.608. The monoisotopic (exact) mass is 293 g/mol. The Balaban J connectivity index is 2.79. The van der Waals surface area contributed by atoms with Crippen LogP contribution < -0.4 is 0 Å². The minimum absolute atomic E-state index is 0.00205. The van der Waals surface area contributed by atoms with Gasteiger partial charge in [-0.05, 0) is 35.8 Å². The van der Waals surface area contributed by atoms with Crippen molar-refractivity contribution in [2.75, 3.05) is 0 Å². The first-order chi connectivity index (χ1) is 8.84. The van der Waals surface area contributed by atoms with E-state index in [9.17, 15) is 0 Å². The zero-order valence-corrected chi connectivity index (χ0v) is 10.8. The molecule has 82 valence electrons. The molecule has 0 aliphatic carbocycles. The second-order valence-electron chi connectivity index (χ2n) is 3.01. The van der Waals surface area contributed by atoms with E-state index in [4.69, 9.17) is 50.5 Å². The van der Waals surface area contributed by atoms with Gasteiger partial charge in [-0.1, -0.05) is 52.5 Å². The number of benzene rings is 2. The summed E-state index contributed by atoms with van der Waals surface area (Å²) in [7, 11) is 0. The molecule has 2 rings (SSSR count). The van der Waals surface area contributed by atoms with Crippen LogP contribution in [-0.4, -0.2) is 0 Å². The van der Waals surface area contributed by atoms with E-state index in [1.165, 1.54) is 0 Å². The normalized spacial score (nSPS) is 13.1. The fourth-order valence-electron chi connectivity index (χ4n) is 1.22. The van der Waals surface area contributed by atoms with Gasteiger partial charge in [0.1, 0.15) is 0 Å². The van der Waals surface area contributed by atoms with Crippen molar-refractivity contribution in [3.63, 3.8) is 0 Å². The SMILES string of the molecule is [2H]c1c([2H])c(Cl)c(-c2ccc(Cl)c(Cl)c2)c([2H])c1Cl. The number of hydrogen-bond acceptors (Lipinski definition) is 0. The van der Waals surface area contributed by atoms with Crippen molar-refractivity contribution in [2.45, 2.75) is 0 Å². The van der Waals surface area contributed by atoms with Gasteiger partial charge in [-0.25, -0.2) is 0 Å². The summed E-state index contributed by atoms with van der Waals surface area (Å²) in [6, 6.07) is 4.16. The van der Waals surface area contributed by atoms with Gasteiger partial charge in [0, 0.05) is 15.6 Å². The van der Waals surface area contributed by atoms with Crippen LogP contribution in [0, 0.1) is 0 Å². The fraction of sp³-hybridized carbons (Fsp3) is 0. The molecular weight excluding hydrogens is 286 g/mol. The van der Waals surface area contributed by atoms with Crippen LogP contribution in [0.15, 0.2) is 36.3 Å². The maximum atomic E-state index is 7.94. The molecule has 0 atom stereocenters. The molecule has 0 nitrogen and oxygen atoms in total. The topological polar surface area (TPSA) is 0 Å². The van der Waals surface area contributed by atoms with Crippen LogP contribution in [0.5, 0.6) is 0 Å². The van der Waals surface area contributed by atoms with Gasteiger partial charge in [-0.15, -0.1) is 0 Å². The van der Waals surface area contributed by atoms with Crippen LogP contribution in [0.3, 0.4) is 0 Å². The van der Waals surface area contributed by atoms with E-state index in [1.54, 1.807) is 18.2 Å². The molecular formula is C12H6Cl4. The summed E-state index contributed by atoms with van der Waals surface area (Å²) in [6.07, 6.45) is 0. The summed E-state index contributed by atoms with van der Waals surface area (Å²) in [5.41, 5.74) is 0.797. The smallest absolute Gasteiger partial charge is 0.0646 e. The molecule has 0 N–H and O–H groups in total.